The van der Waals surface area contributed by atoms with Gasteiger partial charge in [0.25, 0.3) is 0 Å². The highest BCUT2D eigenvalue weighted by atomic mass is 16.6. The Morgan fingerprint density at radius 3 is 2.50 bits per heavy atom. The second-order valence-corrected chi connectivity index (χ2v) is 6.37. The number of rotatable bonds is 1. The lowest BCUT2D eigenvalue weighted by molar-refractivity contribution is -0.183. The molecule has 0 aromatic carbocycles. The smallest absolute Gasteiger partial charge is 0.410 e. The van der Waals surface area contributed by atoms with Gasteiger partial charge in [-0.05, 0) is 40.0 Å². The quantitative estimate of drug-likeness (QED) is 0.780. The van der Waals surface area contributed by atoms with Gasteiger partial charge in [0.05, 0.1) is 0 Å². The van der Waals surface area contributed by atoms with E-state index in [0.717, 1.165) is 25.8 Å². The first kappa shape index (κ1) is 13.6. The summed E-state index contributed by atoms with van der Waals surface area (Å²) in [7, 11) is 0. The van der Waals surface area contributed by atoms with Crippen LogP contribution in [-0.4, -0.2) is 52.5 Å². The fourth-order valence-electron chi connectivity index (χ4n) is 2.73. The predicted molar refractivity (Wildman–Crippen MR) is 67.4 cm³/mol. The van der Waals surface area contributed by atoms with Crippen molar-refractivity contribution in [2.75, 3.05) is 19.6 Å². The molecule has 0 unspecified atom stereocenters. The largest absolute Gasteiger partial charge is 0.444 e. The number of ether oxygens (including phenoxy) is 1. The third kappa shape index (κ3) is 3.14. The molecule has 1 atom stereocenters. The number of carbonyl (C=O) groups excluding carboxylic acids is 1. The normalized spacial score (nSPS) is 26.9. The van der Waals surface area contributed by atoms with E-state index in [1.54, 1.807) is 0 Å². The highest BCUT2D eigenvalue weighted by Crippen LogP contribution is 2.29. The number of amides is 1. The number of hydroxylamine groups is 2. The molecule has 0 spiro atoms. The molecule has 1 N–H and O–H groups in total. The topological polar surface area (TPSA) is 53.0 Å². The lowest BCUT2D eigenvalue weighted by Gasteiger charge is -2.46. The number of nitrogens with zero attached hydrogens (tertiary/aromatic N) is 2. The minimum absolute atomic E-state index is 0.205. The lowest BCUT2D eigenvalue weighted by Crippen LogP contribution is -2.58. The molecule has 5 nitrogen and oxygen atoms in total. The minimum Gasteiger partial charge on any atom is -0.444 e. The number of carbonyl (C=O) groups is 1. The van der Waals surface area contributed by atoms with Gasteiger partial charge in [0.1, 0.15) is 5.60 Å². The van der Waals surface area contributed by atoms with Crippen molar-refractivity contribution >= 4 is 6.09 Å². The second-order valence-electron chi connectivity index (χ2n) is 6.37. The molecule has 0 bridgehead atoms. The maximum absolute atomic E-state index is 12.2. The molecule has 0 aromatic rings. The summed E-state index contributed by atoms with van der Waals surface area (Å²) in [5, 5.41) is 10.6. The molecule has 0 aromatic heterocycles. The van der Waals surface area contributed by atoms with E-state index in [1.807, 2.05) is 25.7 Å². The predicted octanol–water partition coefficient (Wildman–Crippen LogP) is 2.10. The second kappa shape index (κ2) is 5.05. The Hall–Kier alpha value is -0.810. The standard InChI is InChI=1S/C13H24N2O3/c1-13(2,3)18-12(16)15-7-5-4-6-11(15)10-8-14(17)9-10/h10-11,17H,4-9H2,1-3H3/t11-/m0/s1. The summed E-state index contributed by atoms with van der Waals surface area (Å²) in [6.07, 6.45) is 3.03. The van der Waals surface area contributed by atoms with Crippen molar-refractivity contribution in [1.82, 2.24) is 9.96 Å². The van der Waals surface area contributed by atoms with E-state index in [2.05, 4.69) is 0 Å². The molecule has 2 fully saturated rings. The first-order chi connectivity index (χ1) is 8.37. The Morgan fingerprint density at radius 1 is 1.28 bits per heavy atom. The molecular weight excluding hydrogens is 232 g/mol. The summed E-state index contributed by atoms with van der Waals surface area (Å²) < 4.78 is 5.46. The number of hydrogen-bond acceptors (Lipinski definition) is 4. The van der Waals surface area contributed by atoms with Crippen LogP contribution in [0, 0.1) is 5.92 Å². The van der Waals surface area contributed by atoms with Gasteiger partial charge in [-0.1, -0.05) is 0 Å². The van der Waals surface area contributed by atoms with Gasteiger partial charge >= 0.3 is 6.09 Å². The van der Waals surface area contributed by atoms with Crippen molar-refractivity contribution in [3.8, 4) is 0 Å². The van der Waals surface area contributed by atoms with Gasteiger partial charge in [0.2, 0.25) is 0 Å². The van der Waals surface area contributed by atoms with E-state index < -0.39 is 5.60 Å². The van der Waals surface area contributed by atoms with Crippen molar-refractivity contribution in [3.05, 3.63) is 0 Å². The third-order valence-electron chi connectivity index (χ3n) is 3.61. The van der Waals surface area contributed by atoms with Crippen molar-refractivity contribution in [1.29, 1.82) is 0 Å². The fourth-order valence-corrected chi connectivity index (χ4v) is 2.73. The molecule has 104 valence electrons. The van der Waals surface area contributed by atoms with Crippen molar-refractivity contribution in [2.45, 2.75) is 51.7 Å². The van der Waals surface area contributed by atoms with E-state index in [4.69, 9.17) is 4.74 Å². The van der Waals surface area contributed by atoms with Crippen LogP contribution in [0.4, 0.5) is 4.79 Å². The summed E-state index contributed by atoms with van der Waals surface area (Å²) in [5.41, 5.74) is -0.443. The van der Waals surface area contributed by atoms with Crippen LogP contribution in [-0.2, 0) is 4.74 Å². The SMILES string of the molecule is CC(C)(C)OC(=O)N1CCCC[C@H]1C1CN(O)C1. The number of hydrogen-bond donors (Lipinski definition) is 1. The molecule has 0 aliphatic carbocycles. The van der Waals surface area contributed by atoms with E-state index >= 15 is 0 Å². The third-order valence-corrected chi connectivity index (χ3v) is 3.61. The number of piperidine rings is 1. The van der Waals surface area contributed by atoms with Crippen LogP contribution in [0.2, 0.25) is 0 Å². The zero-order chi connectivity index (χ0) is 13.3. The summed E-state index contributed by atoms with van der Waals surface area (Å²) in [4.78, 5) is 14.0. The fraction of sp³-hybridized carbons (Fsp3) is 0.923. The monoisotopic (exact) mass is 256 g/mol. The van der Waals surface area contributed by atoms with E-state index in [-0.39, 0.29) is 12.1 Å². The van der Waals surface area contributed by atoms with Gasteiger partial charge < -0.3 is 14.8 Å². The Labute approximate surface area is 109 Å². The molecule has 2 saturated heterocycles. The number of likely N-dealkylation sites (tertiary alicyclic amines) is 1. The summed E-state index contributed by atoms with van der Waals surface area (Å²) >= 11 is 0. The van der Waals surface area contributed by atoms with Crippen LogP contribution < -0.4 is 0 Å². The van der Waals surface area contributed by atoms with Crippen LogP contribution in [0.3, 0.4) is 0 Å². The highest BCUT2D eigenvalue weighted by molar-refractivity contribution is 5.68. The van der Waals surface area contributed by atoms with Crippen molar-refractivity contribution in [2.24, 2.45) is 5.92 Å². The molecule has 2 heterocycles. The zero-order valence-corrected chi connectivity index (χ0v) is 11.6. The zero-order valence-electron chi connectivity index (χ0n) is 11.6. The van der Waals surface area contributed by atoms with E-state index in [1.165, 1.54) is 5.06 Å². The van der Waals surface area contributed by atoms with Crippen LogP contribution in [0.5, 0.6) is 0 Å². The van der Waals surface area contributed by atoms with E-state index in [0.29, 0.717) is 19.0 Å². The highest BCUT2D eigenvalue weighted by Gasteiger charge is 2.40. The molecule has 1 amide bonds. The maximum atomic E-state index is 12.2. The van der Waals surface area contributed by atoms with Gasteiger partial charge in [-0.2, -0.15) is 5.06 Å². The molecule has 2 aliphatic heterocycles. The Kier molecular flexibility index (Phi) is 3.82. The van der Waals surface area contributed by atoms with Crippen molar-refractivity contribution in [3.63, 3.8) is 0 Å². The van der Waals surface area contributed by atoms with Crippen LogP contribution >= 0.6 is 0 Å². The first-order valence-electron chi connectivity index (χ1n) is 6.80. The molecular formula is C13H24N2O3. The molecule has 18 heavy (non-hydrogen) atoms. The average molecular weight is 256 g/mol. The minimum atomic E-state index is -0.443. The van der Waals surface area contributed by atoms with Gasteiger partial charge in [0, 0.05) is 31.6 Å². The van der Waals surface area contributed by atoms with Crippen LogP contribution in [0.25, 0.3) is 0 Å². The Morgan fingerprint density at radius 2 is 1.94 bits per heavy atom. The summed E-state index contributed by atoms with van der Waals surface area (Å²) in [5.74, 6) is 0.391. The summed E-state index contributed by atoms with van der Waals surface area (Å²) in [6.45, 7) is 7.80. The van der Waals surface area contributed by atoms with Gasteiger partial charge in [-0.15, -0.1) is 0 Å². The van der Waals surface area contributed by atoms with E-state index in [9.17, 15) is 10.0 Å². The first-order valence-corrected chi connectivity index (χ1v) is 6.80. The van der Waals surface area contributed by atoms with Crippen molar-refractivity contribution < 1.29 is 14.7 Å². The average Bonchev–Trinajstić information content (AvgIpc) is 2.22. The van der Waals surface area contributed by atoms with Crippen LogP contribution in [0.15, 0.2) is 0 Å². The lowest BCUT2D eigenvalue weighted by atomic mass is 9.86. The Bertz CT molecular complexity index is 308. The molecule has 2 rings (SSSR count). The molecule has 0 radical (unpaired) electrons. The molecule has 2 aliphatic rings. The maximum Gasteiger partial charge on any atom is 0.410 e. The Balaban J connectivity index is 1.97. The van der Waals surface area contributed by atoms with Gasteiger partial charge in [-0.3, -0.25) is 0 Å². The molecule has 5 heteroatoms. The van der Waals surface area contributed by atoms with Crippen LogP contribution in [0.1, 0.15) is 40.0 Å². The summed E-state index contributed by atoms with van der Waals surface area (Å²) in [6, 6.07) is 0.233. The van der Waals surface area contributed by atoms with Gasteiger partial charge in [0.15, 0.2) is 0 Å². The van der Waals surface area contributed by atoms with Gasteiger partial charge in [-0.25, -0.2) is 4.79 Å². The molecule has 0 saturated carbocycles.